The second-order valence-electron chi connectivity index (χ2n) is 6.75. The standard InChI is InChI=1S/C21H25NO3S.ClH/c1-5-22(4)11-15(23)12-25-18-10-17-20(24)16-8-6-7-9-19(16)26-21(17)14(3)13(18)2;/h6-10,15,23H,5,11-12H2,1-4H3;1H/p-1. The van der Waals surface area contributed by atoms with Crippen LogP contribution in [0.15, 0.2) is 35.1 Å². The predicted molar refractivity (Wildman–Crippen MR) is 110 cm³/mol. The van der Waals surface area contributed by atoms with E-state index in [0.29, 0.717) is 17.7 Å². The van der Waals surface area contributed by atoms with Crippen molar-refractivity contribution < 1.29 is 22.3 Å². The molecular weight excluding hydrogens is 382 g/mol. The molecule has 0 saturated carbocycles. The van der Waals surface area contributed by atoms with Crippen molar-refractivity contribution in [3.63, 3.8) is 0 Å². The summed E-state index contributed by atoms with van der Waals surface area (Å²) in [6, 6.07) is 9.54. The van der Waals surface area contributed by atoms with Crippen molar-refractivity contribution in [2.75, 3.05) is 26.7 Å². The van der Waals surface area contributed by atoms with Gasteiger partial charge in [-0.15, -0.1) is 11.3 Å². The molecule has 146 valence electrons. The summed E-state index contributed by atoms with van der Waals surface area (Å²) in [6.45, 7) is 7.71. The van der Waals surface area contributed by atoms with E-state index < -0.39 is 6.10 Å². The van der Waals surface area contributed by atoms with Crippen molar-refractivity contribution >= 4 is 31.5 Å². The highest BCUT2D eigenvalue weighted by atomic mass is 35.5. The highest BCUT2D eigenvalue weighted by Gasteiger charge is 2.15. The number of aliphatic hydroxyl groups excluding tert-OH is 1. The van der Waals surface area contributed by atoms with Gasteiger partial charge in [0.05, 0.1) is 0 Å². The molecular formula is C21H25ClNO3S-. The van der Waals surface area contributed by atoms with Gasteiger partial charge in [-0.2, -0.15) is 0 Å². The van der Waals surface area contributed by atoms with Gasteiger partial charge in [0.15, 0.2) is 5.43 Å². The van der Waals surface area contributed by atoms with Gasteiger partial charge in [0.25, 0.3) is 0 Å². The Kier molecular flexibility index (Phi) is 7.23. The van der Waals surface area contributed by atoms with Gasteiger partial charge in [0, 0.05) is 26.7 Å². The van der Waals surface area contributed by atoms with Gasteiger partial charge in [-0.25, -0.2) is 0 Å². The summed E-state index contributed by atoms with van der Waals surface area (Å²) < 4.78 is 7.89. The molecule has 6 heteroatoms. The highest BCUT2D eigenvalue weighted by Crippen LogP contribution is 2.33. The third kappa shape index (κ3) is 4.43. The van der Waals surface area contributed by atoms with Crippen LogP contribution < -0.4 is 22.6 Å². The molecule has 0 fully saturated rings. The van der Waals surface area contributed by atoms with E-state index in [0.717, 1.165) is 32.5 Å². The van der Waals surface area contributed by atoms with Crippen LogP contribution in [-0.4, -0.2) is 42.9 Å². The van der Waals surface area contributed by atoms with Gasteiger partial charge in [0.1, 0.15) is 18.5 Å². The van der Waals surface area contributed by atoms with Crippen LogP contribution in [0.25, 0.3) is 20.2 Å². The van der Waals surface area contributed by atoms with E-state index in [1.165, 1.54) is 0 Å². The Balaban J connectivity index is 0.00000261. The molecule has 0 aliphatic rings. The molecule has 1 N–H and O–H groups in total. The molecule has 2 aromatic carbocycles. The molecule has 27 heavy (non-hydrogen) atoms. The number of aliphatic hydroxyl groups is 1. The van der Waals surface area contributed by atoms with Gasteiger partial charge in [-0.05, 0) is 56.8 Å². The van der Waals surface area contributed by atoms with E-state index in [4.69, 9.17) is 4.74 Å². The zero-order chi connectivity index (χ0) is 18.8. The van der Waals surface area contributed by atoms with Crippen LogP contribution in [0.5, 0.6) is 5.75 Å². The monoisotopic (exact) mass is 406 g/mol. The lowest BCUT2D eigenvalue weighted by molar-refractivity contribution is -0.00000761. The molecule has 3 aromatic rings. The number of likely N-dealkylation sites (N-methyl/N-ethyl adjacent to an activating group) is 1. The smallest absolute Gasteiger partial charge is 0.196 e. The van der Waals surface area contributed by atoms with E-state index in [9.17, 15) is 9.90 Å². The summed E-state index contributed by atoms with van der Waals surface area (Å²) in [5, 5.41) is 11.6. The van der Waals surface area contributed by atoms with Crippen LogP contribution in [0.1, 0.15) is 18.1 Å². The zero-order valence-electron chi connectivity index (χ0n) is 16.1. The minimum absolute atomic E-state index is 0. The minimum Gasteiger partial charge on any atom is -1.00 e. The number of halogens is 1. The van der Waals surface area contributed by atoms with Crippen LogP contribution >= 0.6 is 11.3 Å². The largest absolute Gasteiger partial charge is 1.00 e. The van der Waals surface area contributed by atoms with Crippen molar-refractivity contribution in [2.45, 2.75) is 26.9 Å². The molecule has 0 amide bonds. The maximum Gasteiger partial charge on any atom is 0.196 e. The van der Waals surface area contributed by atoms with Crippen molar-refractivity contribution in [1.82, 2.24) is 4.90 Å². The molecule has 1 unspecified atom stereocenters. The Bertz CT molecular complexity index is 1000. The lowest BCUT2D eigenvalue weighted by Gasteiger charge is -2.20. The molecule has 0 spiro atoms. The van der Waals surface area contributed by atoms with E-state index in [1.807, 2.05) is 63.1 Å². The predicted octanol–water partition coefficient (Wildman–Crippen LogP) is 0.727. The minimum atomic E-state index is -0.568. The maximum absolute atomic E-state index is 12.9. The summed E-state index contributed by atoms with van der Waals surface area (Å²) in [5.74, 6) is 0.674. The van der Waals surface area contributed by atoms with E-state index in [2.05, 4.69) is 0 Å². The van der Waals surface area contributed by atoms with Crippen molar-refractivity contribution in [2.24, 2.45) is 0 Å². The number of hydrogen-bond acceptors (Lipinski definition) is 5. The zero-order valence-corrected chi connectivity index (χ0v) is 17.7. The molecule has 0 bridgehead atoms. The first kappa shape index (κ1) is 21.6. The Morgan fingerprint density at radius 3 is 2.59 bits per heavy atom. The van der Waals surface area contributed by atoms with Crippen molar-refractivity contribution in [3.8, 4) is 5.75 Å². The van der Waals surface area contributed by atoms with Crippen LogP contribution in [0.2, 0.25) is 0 Å². The fourth-order valence-corrected chi connectivity index (χ4v) is 4.24. The van der Waals surface area contributed by atoms with Gasteiger partial charge in [-0.3, -0.25) is 4.79 Å². The Morgan fingerprint density at radius 2 is 1.89 bits per heavy atom. The van der Waals surface area contributed by atoms with Gasteiger partial charge in [0.2, 0.25) is 0 Å². The number of hydrogen-bond donors (Lipinski definition) is 1. The van der Waals surface area contributed by atoms with Crippen LogP contribution in [0.4, 0.5) is 0 Å². The summed E-state index contributed by atoms with van der Waals surface area (Å²) in [7, 11) is 1.96. The molecule has 0 aliphatic heterocycles. The molecule has 0 aliphatic carbocycles. The Morgan fingerprint density at radius 1 is 1.19 bits per heavy atom. The second kappa shape index (κ2) is 9.02. The van der Waals surface area contributed by atoms with Crippen molar-refractivity contribution in [3.05, 3.63) is 51.7 Å². The molecule has 1 aromatic heterocycles. The molecule has 4 nitrogen and oxygen atoms in total. The van der Waals surface area contributed by atoms with E-state index in [1.54, 1.807) is 11.3 Å². The van der Waals surface area contributed by atoms with Crippen molar-refractivity contribution in [1.29, 1.82) is 0 Å². The number of fused-ring (bicyclic) bond motifs is 2. The average Bonchev–Trinajstić information content (AvgIpc) is 2.64. The number of nitrogens with zero attached hydrogens (tertiary/aromatic N) is 1. The number of ether oxygens (including phenoxy) is 1. The molecule has 3 rings (SSSR count). The van der Waals surface area contributed by atoms with Gasteiger partial charge >= 0.3 is 0 Å². The number of rotatable bonds is 6. The normalized spacial score (nSPS) is 12.4. The fraction of sp³-hybridized carbons (Fsp3) is 0.381. The van der Waals surface area contributed by atoms with E-state index >= 15 is 0 Å². The Hall–Kier alpha value is -1.66. The summed E-state index contributed by atoms with van der Waals surface area (Å²) in [5.41, 5.74) is 2.11. The second-order valence-corrected chi connectivity index (χ2v) is 7.80. The van der Waals surface area contributed by atoms with Crippen LogP contribution in [0.3, 0.4) is 0 Å². The quantitative estimate of drug-likeness (QED) is 0.613. The van der Waals surface area contributed by atoms with Gasteiger partial charge in [-0.1, -0.05) is 19.1 Å². The average molecular weight is 407 g/mol. The molecule has 0 radical (unpaired) electrons. The third-order valence-electron chi connectivity index (χ3n) is 4.87. The number of aryl methyl sites for hydroxylation is 1. The first-order valence-corrected chi connectivity index (χ1v) is 9.69. The highest BCUT2D eigenvalue weighted by molar-refractivity contribution is 7.24. The summed E-state index contributed by atoms with van der Waals surface area (Å²) >= 11 is 1.64. The summed E-state index contributed by atoms with van der Waals surface area (Å²) in [4.78, 5) is 15.0. The first-order chi connectivity index (χ1) is 12.4. The number of benzene rings is 2. The molecule has 1 atom stereocenters. The maximum atomic E-state index is 12.9. The molecule has 0 saturated heterocycles. The topological polar surface area (TPSA) is 49.8 Å². The Labute approximate surface area is 169 Å². The molecule has 1 heterocycles. The lowest BCUT2D eigenvalue weighted by Crippen LogP contribution is -3.00. The van der Waals surface area contributed by atoms with Crippen LogP contribution in [0, 0.1) is 13.8 Å². The third-order valence-corrected chi connectivity index (χ3v) is 6.18. The fourth-order valence-electron chi connectivity index (χ4n) is 3.04. The SMILES string of the molecule is CCN(C)CC(O)COc1cc2c(=O)c3ccccc3sc2c(C)c1C.[Cl-]. The van der Waals surface area contributed by atoms with Gasteiger partial charge < -0.3 is 27.2 Å². The van der Waals surface area contributed by atoms with Crippen LogP contribution in [-0.2, 0) is 0 Å². The van der Waals surface area contributed by atoms with E-state index in [-0.39, 0.29) is 24.4 Å². The first-order valence-electron chi connectivity index (χ1n) is 8.87. The summed E-state index contributed by atoms with van der Waals surface area (Å²) in [6.07, 6.45) is -0.568. The lowest BCUT2D eigenvalue weighted by atomic mass is 10.1.